The van der Waals surface area contributed by atoms with E-state index < -0.39 is 4.33 Å². The molecule has 15 heavy (non-hydrogen) atoms. The van der Waals surface area contributed by atoms with E-state index >= 15 is 0 Å². The standard InChI is InChI=1S/C12H15Cl3/c1-9(8-12(2,14)15)7-10-3-5-11(13)6-4-10/h3-6,9H,7-8H2,1-2H3. The van der Waals surface area contributed by atoms with E-state index in [0.29, 0.717) is 5.92 Å². The van der Waals surface area contributed by atoms with Gasteiger partial charge in [-0.25, -0.2) is 0 Å². The van der Waals surface area contributed by atoms with Crippen LogP contribution in [0.4, 0.5) is 0 Å². The summed E-state index contributed by atoms with van der Waals surface area (Å²) in [6, 6.07) is 7.89. The zero-order valence-corrected chi connectivity index (χ0v) is 11.2. The van der Waals surface area contributed by atoms with Gasteiger partial charge in [0.05, 0.1) is 0 Å². The maximum atomic E-state index is 5.96. The Morgan fingerprint density at radius 3 is 2.20 bits per heavy atom. The topological polar surface area (TPSA) is 0 Å². The second kappa shape index (κ2) is 5.43. The van der Waals surface area contributed by atoms with Crippen LogP contribution >= 0.6 is 34.8 Å². The lowest BCUT2D eigenvalue weighted by molar-refractivity contribution is 0.506. The molecule has 0 fully saturated rings. The lowest BCUT2D eigenvalue weighted by Gasteiger charge is -2.19. The zero-order valence-electron chi connectivity index (χ0n) is 8.93. The second-order valence-corrected chi connectivity index (χ2v) is 6.51. The maximum absolute atomic E-state index is 5.96. The fourth-order valence-corrected chi connectivity index (χ4v) is 2.36. The van der Waals surface area contributed by atoms with Crippen molar-refractivity contribution < 1.29 is 0 Å². The first-order valence-electron chi connectivity index (χ1n) is 4.99. The molecule has 0 saturated carbocycles. The van der Waals surface area contributed by atoms with Gasteiger partial charge in [0.1, 0.15) is 4.33 Å². The van der Waals surface area contributed by atoms with E-state index in [4.69, 9.17) is 34.8 Å². The quantitative estimate of drug-likeness (QED) is 0.664. The molecule has 0 N–H and O–H groups in total. The Hall–Kier alpha value is 0.0900. The van der Waals surface area contributed by atoms with Crippen molar-refractivity contribution in [3.05, 3.63) is 34.9 Å². The summed E-state index contributed by atoms with van der Waals surface area (Å²) < 4.78 is -0.633. The SMILES string of the molecule is CC(Cc1ccc(Cl)cc1)CC(C)(Cl)Cl. The molecular formula is C12H15Cl3. The van der Waals surface area contributed by atoms with Gasteiger partial charge < -0.3 is 0 Å². The van der Waals surface area contributed by atoms with Gasteiger partial charge in [0.15, 0.2) is 0 Å². The van der Waals surface area contributed by atoms with Gasteiger partial charge in [-0.2, -0.15) is 0 Å². The number of benzene rings is 1. The molecule has 0 amide bonds. The van der Waals surface area contributed by atoms with Crippen LogP contribution < -0.4 is 0 Å². The molecule has 84 valence electrons. The van der Waals surface area contributed by atoms with Crippen LogP contribution in [0.2, 0.25) is 5.02 Å². The van der Waals surface area contributed by atoms with Gasteiger partial charge in [-0.3, -0.25) is 0 Å². The van der Waals surface area contributed by atoms with Crippen molar-refractivity contribution in [3.63, 3.8) is 0 Å². The smallest absolute Gasteiger partial charge is 0.102 e. The molecule has 0 aliphatic heterocycles. The first-order valence-corrected chi connectivity index (χ1v) is 6.12. The number of alkyl halides is 2. The molecule has 1 unspecified atom stereocenters. The summed E-state index contributed by atoms with van der Waals surface area (Å²) in [4.78, 5) is 0. The number of halogens is 3. The molecule has 0 aliphatic carbocycles. The Kier molecular flexibility index (Phi) is 4.76. The van der Waals surface area contributed by atoms with Crippen LogP contribution in [0.1, 0.15) is 25.8 Å². The second-order valence-electron chi connectivity index (χ2n) is 4.21. The van der Waals surface area contributed by atoms with E-state index in [2.05, 4.69) is 6.92 Å². The molecule has 1 aromatic carbocycles. The first kappa shape index (κ1) is 13.2. The summed E-state index contributed by atoms with van der Waals surface area (Å²) in [6.45, 7) is 3.98. The molecule has 0 aliphatic rings. The highest BCUT2D eigenvalue weighted by molar-refractivity contribution is 6.48. The number of hydrogen-bond acceptors (Lipinski definition) is 0. The highest BCUT2D eigenvalue weighted by Crippen LogP contribution is 2.29. The first-order chi connectivity index (χ1) is 6.87. The van der Waals surface area contributed by atoms with Crippen molar-refractivity contribution in [3.8, 4) is 0 Å². The summed E-state index contributed by atoms with van der Waals surface area (Å²) in [5.74, 6) is 0.464. The van der Waals surface area contributed by atoms with Crippen molar-refractivity contribution >= 4 is 34.8 Å². The summed E-state index contributed by atoms with van der Waals surface area (Å²) in [6.07, 6.45) is 1.77. The van der Waals surface area contributed by atoms with Crippen LogP contribution in [0.15, 0.2) is 24.3 Å². The van der Waals surface area contributed by atoms with E-state index in [1.807, 2.05) is 31.2 Å². The molecule has 0 aromatic heterocycles. The van der Waals surface area contributed by atoms with Gasteiger partial charge in [-0.05, 0) is 43.4 Å². The average molecular weight is 266 g/mol. The summed E-state index contributed by atoms with van der Waals surface area (Å²) in [5, 5.41) is 0.769. The summed E-state index contributed by atoms with van der Waals surface area (Å²) >= 11 is 17.7. The third-order valence-corrected chi connectivity index (χ3v) is 2.76. The van der Waals surface area contributed by atoms with Crippen LogP contribution in [-0.2, 0) is 6.42 Å². The average Bonchev–Trinajstić information content (AvgIpc) is 2.05. The highest BCUT2D eigenvalue weighted by atomic mass is 35.5. The third-order valence-electron chi connectivity index (χ3n) is 2.20. The van der Waals surface area contributed by atoms with Crippen molar-refractivity contribution in [2.45, 2.75) is 31.0 Å². The third kappa shape index (κ3) is 5.65. The van der Waals surface area contributed by atoms with E-state index in [-0.39, 0.29) is 0 Å². The molecule has 0 heterocycles. The van der Waals surface area contributed by atoms with Crippen molar-refractivity contribution in [1.29, 1.82) is 0 Å². The molecule has 0 radical (unpaired) electrons. The Bertz CT molecular complexity index is 298. The monoisotopic (exact) mass is 264 g/mol. The van der Waals surface area contributed by atoms with Crippen molar-refractivity contribution in [1.82, 2.24) is 0 Å². The Labute approximate surface area is 107 Å². The van der Waals surface area contributed by atoms with Gasteiger partial charge in [0.25, 0.3) is 0 Å². The Morgan fingerprint density at radius 1 is 1.20 bits per heavy atom. The van der Waals surface area contributed by atoms with Gasteiger partial charge in [0.2, 0.25) is 0 Å². The molecule has 0 spiro atoms. The predicted octanol–water partition coefficient (Wildman–Crippen LogP) is 5.10. The van der Waals surface area contributed by atoms with Crippen LogP contribution in [0, 0.1) is 5.92 Å². The molecule has 1 atom stereocenters. The molecular weight excluding hydrogens is 250 g/mol. The summed E-state index contributed by atoms with van der Waals surface area (Å²) in [7, 11) is 0. The molecule has 0 nitrogen and oxygen atoms in total. The zero-order chi connectivity index (χ0) is 11.5. The lowest BCUT2D eigenvalue weighted by Crippen LogP contribution is -2.13. The minimum Gasteiger partial charge on any atom is -0.102 e. The normalized spacial score (nSPS) is 13.9. The number of hydrogen-bond donors (Lipinski definition) is 0. The fraction of sp³-hybridized carbons (Fsp3) is 0.500. The molecule has 3 heteroatoms. The Balaban J connectivity index is 2.51. The largest absolute Gasteiger partial charge is 0.115 e. The van der Waals surface area contributed by atoms with E-state index in [1.165, 1.54) is 5.56 Å². The van der Waals surface area contributed by atoms with Gasteiger partial charge in [0, 0.05) is 5.02 Å². The van der Waals surface area contributed by atoms with Crippen molar-refractivity contribution in [2.24, 2.45) is 5.92 Å². The van der Waals surface area contributed by atoms with E-state index in [0.717, 1.165) is 17.9 Å². The van der Waals surface area contributed by atoms with Gasteiger partial charge in [-0.15, -0.1) is 23.2 Å². The lowest BCUT2D eigenvalue weighted by atomic mass is 9.97. The summed E-state index contributed by atoms with van der Waals surface area (Å²) in [5.41, 5.74) is 1.27. The van der Waals surface area contributed by atoms with Crippen molar-refractivity contribution in [2.75, 3.05) is 0 Å². The van der Waals surface area contributed by atoms with Crippen LogP contribution in [0.3, 0.4) is 0 Å². The number of rotatable bonds is 4. The predicted molar refractivity (Wildman–Crippen MR) is 69.0 cm³/mol. The molecule has 0 bridgehead atoms. The maximum Gasteiger partial charge on any atom is 0.115 e. The molecule has 1 aromatic rings. The molecule has 1 rings (SSSR count). The minimum atomic E-state index is -0.633. The van der Waals surface area contributed by atoms with E-state index in [1.54, 1.807) is 0 Å². The van der Waals surface area contributed by atoms with Crippen LogP contribution in [0.5, 0.6) is 0 Å². The van der Waals surface area contributed by atoms with Crippen LogP contribution in [-0.4, -0.2) is 4.33 Å². The van der Waals surface area contributed by atoms with Gasteiger partial charge in [-0.1, -0.05) is 30.7 Å². The van der Waals surface area contributed by atoms with E-state index in [9.17, 15) is 0 Å². The van der Waals surface area contributed by atoms with Crippen LogP contribution in [0.25, 0.3) is 0 Å². The Morgan fingerprint density at radius 2 is 1.73 bits per heavy atom. The highest BCUT2D eigenvalue weighted by Gasteiger charge is 2.20. The minimum absolute atomic E-state index is 0.464. The fourth-order valence-electron chi connectivity index (χ4n) is 1.71. The van der Waals surface area contributed by atoms with Gasteiger partial charge >= 0.3 is 0 Å². The molecule has 0 saturated heterocycles.